The number of ether oxygens (including phenoxy) is 1. The highest BCUT2D eigenvalue weighted by Crippen LogP contribution is 2.32. The van der Waals surface area contributed by atoms with Crippen molar-refractivity contribution in [3.8, 4) is 5.75 Å². The van der Waals surface area contributed by atoms with E-state index in [1.54, 1.807) is 4.90 Å². The number of amides is 2. The molecule has 4 nitrogen and oxygen atoms in total. The highest BCUT2D eigenvalue weighted by molar-refractivity contribution is 6.03. The molecule has 2 amide bonds. The summed E-state index contributed by atoms with van der Waals surface area (Å²) >= 11 is 0. The van der Waals surface area contributed by atoms with Gasteiger partial charge in [-0.05, 0) is 55.0 Å². The predicted octanol–water partition coefficient (Wildman–Crippen LogP) is 4.00. The van der Waals surface area contributed by atoms with Crippen molar-refractivity contribution in [1.82, 2.24) is 0 Å². The first-order chi connectivity index (χ1) is 11.3. The Morgan fingerprint density at radius 2 is 1.91 bits per heavy atom. The number of anilines is 2. The average molecular weight is 308 g/mol. The lowest BCUT2D eigenvalue weighted by Gasteiger charge is -2.30. The van der Waals surface area contributed by atoms with Crippen LogP contribution in [0.5, 0.6) is 5.75 Å². The van der Waals surface area contributed by atoms with E-state index in [9.17, 15) is 4.79 Å². The van der Waals surface area contributed by atoms with Crippen molar-refractivity contribution in [1.29, 1.82) is 0 Å². The van der Waals surface area contributed by atoms with Crippen LogP contribution in [0.1, 0.15) is 24.0 Å². The minimum absolute atomic E-state index is 0.0836. The van der Waals surface area contributed by atoms with Crippen molar-refractivity contribution < 1.29 is 9.53 Å². The van der Waals surface area contributed by atoms with Crippen LogP contribution in [-0.2, 0) is 12.8 Å². The van der Waals surface area contributed by atoms with Crippen molar-refractivity contribution in [2.24, 2.45) is 0 Å². The maximum Gasteiger partial charge on any atom is 0.326 e. The van der Waals surface area contributed by atoms with Gasteiger partial charge in [0.25, 0.3) is 0 Å². The van der Waals surface area contributed by atoms with Crippen molar-refractivity contribution in [3.05, 3.63) is 53.6 Å². The van der Waals surface area contributed by atoms with E-state index in [1.165, 1.54) is 24.0 Å². The first-order valence-electron chi connectivity index (χ1n) is 8.24. The topological polar surface area (TPSA) is 41.6 Å². The van der Waals surface area contributed by atoms with Crippen LogP contribution in [0.3, 0.4) is 0 Å². The number of nitrogens with one attached hydrogen (secondary N) is 1. The van der Waals surface area contributed by atoms with Crippen LogP contribution in [0.4, 0.5) is 16.2 Å². The first-order valence-corrected chi connectivity index (χ1v) is 8.24. The number of rotatable bonds is 1. The molecular formula is C19H20N2O2. The highest BCUT2D eigenvalue weighted by atomic mass is 16.5. The van der Waals surface area contributed by atoms with Crippen molar-refractivity contribution >= 4 is 17.4 Å². The van der Waals surface area contributed by atoms with Gasteiger partial charge in [0.05, 0.1) is 12.2 Å². The number of carbonyl (C=O) groups excluding carboxylic acids is 1. The number of aryl methyl sites for hydroxylation is 1. The molecule has 118 valence electrons. The fourth-order valence-electron chi connectivity index (χ4n) is 3.46. The van der Waals surface area contributed by atoms with Crippen molar-refractivity contribution in [2.45, 2.75) is 25.7 Å². The summed E-state index contributed by atoms with van der Waals surface area (Å²) in [5.74, 6) is 0.768. The maximum atomic E-state index is 12.8. The van der Waals surface area contributed by atoms with Crippen LogP contribution in [0.25, 0.3) is 0 Å². The molecule has 2 aromatic rings. The number of benzene rings is 2. The molecule has 0 bridgehead atoms. The average Bonchev–Trinajstić information content (AvgIpc) is 2.61. The Morgan fingerprint density at radius 3 is 2.87 bits per heavy atom. The van der Waals surface area contributed by atoms with E-state index in [1.807, 2.05) is 36.4 Å². The van der Waals surface area contributed by atoms with Gasteiger partial charge in [0.15, 0.2) is 0 Å². The molecule has 4 heteroatoms. The zero-order chi connectivity index (χ0) is 15.6. The Morgan fingerprint density at radius 1 is 1.04 bits per heavy atom. The summed E-state index contributed by atoms with van der Waals surface area (Å²) in [7, 11) is 0. The lowest BCUT2D eigenvalue weighted by atomic mass is 9.90. The minimum atomic E-state index is -0.0836. The second-order valence-corrected chi connectivity index (χ2v) is 6.05. The predicted molar refractivity (Wildman–Crippen MR) is 91.4 cm³/mol. The van der Waals surface area contributed by atoms with Crippen molar-refractivity contribution in [2.75, 3.05) is 23.4 Å². The summed E-state index contributed by atoms with van der Waals surface area (Å²) in [5.41, 5.74) is 4.46. The lowest BCUT2D eigenvalue weighted by molar-refractivity contribution is 0.250. The van der Waals surface area contributed by atoms with E-state index in [0.29, 0.717) is 13.2 Å². The Bertz CT molecular complexity index is 742. The molecular weight excluding hydrogens is 288 g/mol. The molecule has 2 aliphatic rings. The maximum absolute atomic E-state index is 12.8. The van der Waals surface area contributed by atoms with Crippen LogP contribution >= 0.6 is 0 Å². The van der Waals surface area contributed by atoms with Crippen LogP contribution < -0.4 is 15.0 Å². The normalized spacial score (nSPS) is 16.1. The number of hydrogen-bond donors (Lipinski definition) is 1. The van der Waals surface area contributed by atoms with E-state index in [0.717, 1.165) is 30.0 Å². The van der Waals surface area contributed by atoms with Gasteiger partial charge in [-0.15, -0.1) is 0 Å². The largest absolute Gasteiger partial charge is 0.490 e. The fourth-order valence-corrected chi connectivity index (χ4v) is 3.46. The molecule has 1 aliphatic heterocycles. The van der Waals surface area contributed by atoms with Gasteiger partial charge in [0.2, 0.25) is 0 Å². The first kappa shape index (κ1) is 14.1. The van der Waals surface area contributed by atoms with E-state index in [4.69, 9.17) is 4.74 Å². The molecule has 0 spiro atoms. The summed E-state index contributed by atoms with van der Waals surface area (Å²) in [6.45, 7) is 1.09. The summed E-state index contributed by atoms with van der Waals surface area (Å²) in [6.07, 6.45) is 4.59. The number of hydrogen-bond acceptors (Lipinski definition) is 2. The Hall–Kier alpha value is -2.49. The monoisotopic (exact) mass is 308 g/mol. The van der Waals surface area contributed by atoms with E-state index < -0.39 is 0 Å². The van der Waals surface area contributed by atoms with Gasteiger partial charge in [0.1, 0.15) is 12.4 Å². The van der Waals surface area contributed by atoms with Crippen LogP contribution in [0, 0.1) is 0 Å². The third kappa shape index (κ3) is 2.65. The van der Waals surface area contributed by atoms with Crippen LogP contribution in [0.2, 0.25) is 0 Å². The molecule has 0 atom stereocenters. The van der Waals surface area contributed by atoms with E-state index in [2.05, 4.69) is 11.4 Å². The molecule has 0 saturated heterocycles. The van der Waals surface area contributed by atoms with Crippen molar-refractivity contribution in [3.63, 3.8) is 0 Å². The van der Waals surface area contributed by atoms with Gasteiger partial charge >= 0.3 is 6.03 Å². The molecule has 0 unspecified atom stereocenters. The number of fused-ring (bicyclic) bond motifs is 2. The molecule has 1 aliphatic carbocycles. The zero-order valence-corrected chi connectivity index (χ0v) is 13.0. The number of urea groups is 1. The molecule has 23 heavy (non-hydrogen) atoms. The third-order valence-electron chi connectivity index (χ3n) is 4.61. The van der Waals surface area contributed by atoms with Gasteiger partial charge in [-0.2, -0.15) is 0 Å². The second-order valence-electron chi connectivity index (χ2n) is 6.05. The molecule has 4 rings (SSSR count). The van der Waals surface area contributed by atoms with Gasteiger partial charge < -0.3 is 10.1 Å². The smallest absolute Gasteiger partial charge is 0.326 e. The Balaban J connectivity index is 1.60. The number of nitrogens with zero attached hydrogens (tertiary/aromatic N) is 1. The molecule has 2 aromatic carbocycles. The number of carbonyl (C=O) groups is 1. The Labute approximate surface area is 136 Å². The summed E-state index contributed by atoms with van der Waals surface area (Å²) in [6, 6.07) is 13.8. The van der Waals surface area contributed by atoms with Gasteiger partial charge in [-0.25, -0.2) is 4.79 Å². The zero-order valence-electron chi connectivity index (χ0n) is 13.0. The van der Waals surface area contributed by atoms with Gasteiger partial charge in [-0.3, -0.25) is 4.90 Å². The summed E-state index contributed by atoms with van der Waals surface area (Å²) < 4.78 is 5.62. The Kier molecular flexibility index (Phi) is 3.66. The molecule has 1 heterocycles. The van der Waals surface area contributed by atoms with E-state index >= 15 is 0 Å². The minimum Gasteiger partial charge on any atom is -0.490 e. The summed E-state index contributed by atoms with van der Waals surface area (Å²) in [4.78, 5) is 14.5. The highest BCUT2D eigenvalue weighted by Gasteiger charge is 2.24. The van der Waals surface area contributed by atoms with Gasteiger partial charge in [0, 0.05) is 5.69 Å². The van der Waals surface area contributed by atoms with E-state index in [-0.39, 0.29) is 6.03 Å². The molecule has 0 aromatic heterocycles. The van der Waals surface area contributed by atoms with Crippen LogP contribution in [-0.4, -0.2) is 19.2 Å². The third-order valence-corrected chi connectivity index (χ3v) is 4.61. The molecule has 1 N–H and O–H groups in total. The van der Waals surface area contributed by atoms with Crippen LogP contribution in [0.15, 0.2) is 42.5 Å². The molecule has 0 radical (unpaired) electrons. The quantitative estimate of drug-likeness (QED) is 0.865. The van der Waals surface area contributed by atoms with Gasteiger partial charge in [-0.1, -0.05) is 24.3 Å². The molecule has 0 fully saturated rings. The molecule has 0 saturated carbocycles. The number of para-hydroxylation sites is 2. The summed E-state index contributed by atoms with van der Waals surface area (Å²) in [5, 5.41) is 3.11. The lowest BCUT2D eigenvalue weighted by Crippen LogP contribution is -2.40. The standard InChI is InChI=1S/C19H20N2O2/c22-19(21-12-13-23-18-11-4-3-10-17(18)21)20-16-9-5-7-14-6-1-2-8-15(14)16/h3-5,7,9-11H,1-2,6,8,12-13H2,(H,20,22). The SMILES string of the molecule is O=C(Nc1cccc2c1CCCC2)N1CCOc2ccccc21. The fraction of sp³-hybridized carbons (Fsp3) is 0.316. The second kappa shape index (κ2) is 5.95.